The molecule has 0 aliphatic heterocycles. The molecule has 0 fully saturated rings. The van der Waals surface area contributed by atoms with Crippen molar-refractivity contribution in [1.82, 2.24) is 9.88 Å². The third-order valence-electron chi connectivity index (χ3n) is 1.61. The molecule has 1 rings (SSSR count). The summed E-state index contributed by atoms with van der Waals surface area (Å²) in [6.07, 6.45) is 3.05. The van der Waals surface area contributed by atoms with Crippen LogP contribution in [0.3, 0.4) is 0 Å². The fraction of sp³-hybridized carbons (Fsp3) is 0.250. The van der Waals surface area contributed by atoms with E-state index in [1.54, 1.807) is 26.4 Å². The molecule has 1 aromatic rings. The monoisotopic (exact) mass is 180 g/mol. The lowest BCUT2D eigenvalue weighted by molar-refractivity contribution is 0.0828. The molecule has 3 N–H and O–H groups in total. The molecule has 0 unspecified atom stereocenters. The summed E-state index contributed by atoms with van der Waals surface area (Å²) in [7, 11) is 3.35. The zero-order valence-electron chi connectivity index (χ0n) is 7.61. The molecule has 13 heavy (non-hydrogen) atoms. The number of nitrogens with one attached hydrogen (secondary N) is 1. The number of hydrazine groups is 1. The molecule has 0 aliphatic rings. The lowest BCUT2D eigenvalue weighted by Gasteiger charge is -2.12. The number of nitrogen functional groups attached to an aromatic ring is 1. The fourth-order valence-electron chi connectivity index (χ4n) is 0.932. The fourth-order valence-corrected chi connectivity index (χ4v) is 0.932. The molecule has 0 spiro atoms. The summed E-state index contributed by atoms with van der Waals surface area (Å²) in [5, 5.41) is 0. The second-order valence-electron chi connectivity index (χ2n) is 2.77. The van der Waals surface area contributed by atoms with Crippen LogP contribution < -0.4 is 11.3 Å². The summed E-state index contributed by atoms with van der Waals surface area (Å²) in [5.74, 6) is 5.12. The number of nitrogens with two attached hydrogens (primary N) is 1. The first-order valence-corrected chi connectivity index (χ1v) is 3.79. The molecule has 0 saturated carbocycles. The molecular weight excluding hydrogens is 168 g/mol. The van der Waals surface area contributed by atoms with E-state index in [0.29, 0.717) is 11.3 Å². The van der Waals surface area contributed by atoms with Gasteiger partial charge in [0.2, 0.25) is 0 Å². The minimum Gasteiger partial charge on any atom is -0.345 e. The Labute approximate surface area is 76.5 Å². The zero-order valence-corrected chi connectivity index (χ0v) is 7.61. The topological polar surface area (TPSA) is 71.2 Å². The van der Waals surface area contributed by atoms with E-state index >= 15 is 0 Å². The number of hydrogen-bond acceptors (Lipinski definition) is 4. The van der Waals surface area contributed by atoms with Gasteiger partial charge in [-0.05, 0) is 6.07 Å². The number of carbonyl (C=O) groups is 1. The van der Waals surface area contributed by atoms with Crippen LogP contribution in [0.5, 0.6) is 0 Å². The smallest absolute Gasteiger partial charge is 0.257 e. The van der Waals surface area contributed by atoms with Gasteiger partial charge in [-0.25, -0.2) is 0 Å². The molecule has 0 saturated heterocycles. The van der Waals surface area contributed by atoms with Gasteiger partial charge in [-0.2, -0.15) is 0 Å². The Bertz CT molecular complexity index is 311. The minimum absolute atomic E-state index is 0.124. The van der Waals surface area contributed by atoms with Crippen LogP contribution >= 0.6 is 0 Å². The van der Waals surface area contributed by atoms with Crippen LogP contribution in [-0.2, 0) is 0 Å². The van der Waals surface area contributed by atoms with Gasteiger partial charge in [0.25, 0.3) is 5.91 Å². The van der Waals surface area contributed by atoms with Gasteiger partial charge in [0, 0.05) is 26.5 Å². The zero-order chi connectivity index (χ0) is 9.84. The second kappa shape index (κ2) is 3.86. The Hall–Kier alpha value is -1.62. The van der Waals surface area contributed by atoms with Crippen molar-refractivity contribution in [2.24, 2.45) is 5.84 Å². The van der Waals surface area contributed by atoms with E-state index in [1.807, 2.05) is 0 Å². The van der Waals surface area contributed by atoms with E-state index < -0.39 is 0 Å². The summed E-state index contributed by atoms with van der Waals surface area (Å²) < 4.78 is 0. The third kappa shape index (κ3) is 1.94. The molecule has 0 aromatic carbocycles. The van der Waals surface area contributed by atoms with Crippen molar-refractivity contribution in [3.63, 3.8) is 0 Å². The van der Waals surface area contributed by atoms with E-state index in [0.717, 1.165) is 0 Å². The Morgan fingerprint density at radius 2 is 2.31 bits per heavy atom. The first-order chi connectivity index (χ1) is 6.16. The number of aromatic nitrogens is 1. The lowest BCUT2D eigenvalue weighted by atomic mass is 10.2. The number of hydrogen-bond donors (Lipinski definition) is 2. The van der Waals surface area contributed by atoms with Gasteiger partial charge in [-0.15, -0.1) is 0 Å². The van der Waals surface area contributed by atoms with Crippen molar-refractivity contribution in [3.8, 4) is 0 Å². The minimum atomic E-state index is -0.124. The number of pyridine rings is 1. The van der Waals surface area contributed by atoms with Gasteiger partial charge >= 0.3 is 0 Å². The number of anilines is 1. The van der Waals surface area contributed by atoms with Gasteiger partial charge in [0.1, 0.15) is 0 Å². The molecule has 70 valence electrons. The van der Waals surface area contributed by atoms with Crippen LogP contribution in [-0.4, -0.2) is 29.9 Å². The van der Waals surface area contributed by atoms with E-state index in [2.05, 4.69) is 10.4 Å². The Morgan fingerprint density at radius 1 is 1.62 bits per heavy atom. The average Bonchev–Trinajstić information content (AvgIpc) is 2.16. The molecule has 5 heteroatoms. The van der Waals surface area contributed by atoms with Crippen LogP contribution in [0, 0.1) is 0 Å². The maximum atomic E-state index is 11.5. The largest absolute Gasteiger partial charge is 0.345 e. The van der Waals surface area contributed by atoms with Gasteiger partial charge in [0.05, 0.1) is 11.3 Å². The number of amides is 1. The van der Waals surface area contributed by atoms with E-state index in [9.17, 15) is 4.79 Å². The lowest BCUT2D eigenvalue weighted by Crippen LogP contribution is -2.24. The van der Waals surface area contributed by atoms with Crippen molar-refractivity contribution >= 4 is 11.6 Å². The summed E-state index contributed by atoms with van der Waals surface area (Å²) in [4.78, 5) is 16.8. The number of nitrogens with zero attached hydrogens (tertiary/aromatic N) is 2. The van der Waals surface area contributed by atoms with E-state index in [1.165, 1.54) is 11.1 Å². The van der Waals surface area contributed by atoms with Gasteiger partial charge in [-0.3, -0.25) is 15.6 Å². The van der Waals surface area contributed by atoms with Crippen molar-refractivity contribution in [2.45, 2.75) is 0 Å². The number of rotatable bonds is 2. The van der Waals surface area contributed by atoms with Crippen molar-refractivity contribution in [1.29, 1.82) is 0 Å². The van der Waals surface area contributed by atoms with Crippen LogP contribution in [0.15, 0.2) is 18.5 Å². The maximum Gasteiger partial charge on any atom is 0.257 e. The predicted octanol–water partition coefficient (Wildman–Crippen LogP) is 0.0690. The molecule has 1 aromatic heterocycles. The Balaban J connectivity index is 3.06. The summed E-state index contributed by atoms with van der Waals surface area (Å²) in [5.41, 5.74) is 3.49. The summed E-state index contributed by atoms with van der Waals surface area (Å²) >= 11 is 0. The highest BCUT2D eigenvalue weighted by atomic mass is 16.2. The predicted molar refractivity (Wildman–Crippen MR) is 50.1 cm³/mol. The molecule has 0 aliphatic carbocycles. The van der Waals surface area contributed by atoms with Crippen LogP contribution in [0.1, 0.15) is 10.4 Å². The highest BCUT2D eigenvalue weighted by Crippen LogP contribution is 2.12. The van der Waals surface area contributed by atoms with Crippen molar-refractivity contribution in [3.05, 3.63) is 24.0 Å². The first-order valence-electron chi connectivity index (χ1n) is 3.79. The first kappa shape index (κ1) is 9.47. The SMILES string of the molecule is CN(C)C(=O)c1cnccc1NN. The molecule has 0 atom stereocenters. The Morgan fingerprint density at radius 3 is 2.85 bits per heavy atom. The third-order valence-corrected chi connectivity index (χ3v) is 1.61. The average molecular weight is 180 g/mol. The highest BCUT2D eigenvalue weighted by molar-refractivity contribution is 5.98. The second-order valence-corrected chi connectivity index (χ2v) is 2.77. The Kier molecular flexibility index (Phi) is 2.81. The molecule has 0 bridgehead atoms. The summed E-state index contributed by atoms with van der Waals surface area (Å²) in [6, 6.07) is 1.65. The van der Waals surface area contributed by atoms with Crippen LogP contribution in [0.25, 0.3) is 0 Å². The summed E-state index contributed by atoms with van der Waals surface area (Å²) in [6.45, 7) is 0. The highest BCUT2D eigenvalue weighted by Gasteiger charge is 2.11. The van der Waals surface area contributed by atoms with Crippen LogP contribution in [0.4, 0.5) is 5.69 Å². The molecular formula is C8H12N4O. The number of carbonyl (C=O) groups excluding carboxylic acids is 1. The van der Waals surface area contributed by atoms with Gasteiger partial charge < -0.3 is 10.3 Å². The molecule has 1 heterocycles. The molecule has 5 nitrogen and oxygen atoms in total. The van der Waals surface area contributed by atoms with Gasteiger partial charge in [-0.1, -0.05) is 0 Å². The normalized spacial score (nSPS) is 9.46. The van der Waals surface area contributed by atoms with Crippen molar-refractivity contribution < 1.29 is 4.79 Å². The quantitative estimate of drug-likeness (QED) is 0.499. The van der Waals surface area contributed by atoms with E-state index in [4.69, 9.17) is 5.84 Å². The van der Waals surface area contributed by atoms with Gasteiger partial charge in [0.15, 0.2) is 0 Å². The standard InChI is InChI=1S/C8H12N4O/c1-12(2)8(13)6-5-10-4-3-7(6)11-9/h3-5H,9H2,1-2H3,(H,10,11). The van der Waals surface area contributed by atoms with E-state index in [-0.39, 0.29) is 5.91 Å². The maximum absolute atomic E-state index is 11.5. The molecule has 1 amide bonds. The molecule has 0 radical (unpaired) electrons. The van der Waals surface area contributed by atoms with Crippen LogP contribution in [0.2, 0.25) is 0 Å². The van der Waals surface area contributed by atoms with Crippen molar-refractivity contribution in [2.75, 3.05) is 19.5 Å².